The Morgan fingerprint density at radius 3 is 2.63 bits per heavy atom. The first-order valence-corrected chi connectivity index (χ1v) is 9.68. The Morgan fingerprint density at radius 2 is 1.81 bits per heavy atom. The third-order valence-corrected chi connectivity index (χ3v) is 4.74. The minimum atomic E-state index is 0.591. The van der Waals surface area contributed by atoms with Crippen molar-refractivity contribution < 1.29 is 4.74 Å². The SMILES string of the molecule is Cc1cccc(COc2ccc3ccccc3c2CNCCCN(C)C)c1. The predicted molar refractivity (Wildman–Crippen MR) is 114 cm³/mol. The lowest BCUT2D eigenvalue weighted by Crippen LogP contribution is -2.21. The van der Waals surface area contributed by atoms with Crippen LogP contribution in [-0.4, -0.2) is 32.1 Å². The monoisotopic (exact) mass is 362 g/mol. The van der Waals surface area contributed by atoms with Crippen molar-refractivity contribution >= 4 is 10.8 Å². The lowest BCUT2D eigenvalue weighted by molar-refractivity contribution is 0.302. The van der Waals surface area contributed by atoms with Crippen LogP contribution >= 0.6 is 0 Å². The quantitative estimate of drug-likeness (QED) is 0.555. The van der Waals surface area contributed by atoms with Gasteiger partial charge in [-0.25, -0.2) is 0 Å². The van der Waals surface area contributed by atoms with E-state index in [2.05, 4.69) is 91.9 Å². The highest BCUT2D eigenvalue weighted by Crippen LogP contribution is 2.28. The molecule has 0 bridgehead atoms. The summed E-state index contributed by atoms with van der Waals surface area (Å²) in [6, 6.07) is 21.3. The van der Waals surface area contributed by atoms with E-state index in [4.69, 9.17) is 4.74 Å². The first-order chi connectivity index (χ1) is 13.1. The van der Waals surface area contributed by atoms with Crippen molar-refractivity contribution in [3.63, 3.8) is 0 Å². The molecule has 0 aliphatic carbocycles. The van der Waals surface area contributed by atoms with Gasteiger partial charge < -0.3 is 15.0 Å². The molecule has 3 aromatic rings. The highest BCUT2D eigenvalue weighted by molar-refractivity contribution is 5.87. The topological polar surface area (TPSA) is 24.5 Å². The van der Waals surface area contributed by atoms with Gasteiger partial charge in [-0.15, -0.1) is 0 Å². The fraction of sp³-hybridized carbons (Fsp3) is 0.333. The number of fused-ring (bicyclic) bond motifs is 1. The molecule has 0 aromatic heterocycles. The van der Waals surface area contributed by atoms with Crippen molar-refractivity contribution in [1.29, 1.82) is 0 Å². The molecule has 142 valence electrons. The summed E-state index contributed by atoms with van der Waals surface area (Å²) in [5.74, 6) is 0.968. The number of ether oxygens (including phenoxy) is 1. The average molecular weight is 363 g/mol. The van der Waals surface area contributed by atoms with Gasteiger partial charge in [-0.2, -0.15) is 0 Å². The van der Waals surface area contributed by atoms with Gasteiger partial charge in [-0.3, -0.25) is 0 Å². The zero-order chi connectivity index (χ0) is 19.1. The second-order valence-electron chi connectivity index (χ2n) is 7.37. The summed E-state index contributed by atoms with van der Waals surface area (Å²) in [6.07, 6.45) is 1.14. The molecular formula is C24H30N2O. The number of aryl methyl sites for hydroxylation is 1. The van der Waals surface area contributed by atoms with E-state index < -0.39 is 0 Å². The molecule has 1 N–H and O–H groups in total. The molecule has 3 nitrogen and oxygen atoms in total. The molecule has 0 fully saturated rings. The van der Waals surface area contributed by atoms with Crippen molar-refractivity contribution in [3.05, 3.63) is 77.4 Å². The Morgan fingerprint density at radius 1 is 0.963 bits per heavy atom. The summed E-state index contributed by atoms with van der Waals surface area (Å²) < 4.78 is 6.23. The van der Waals surface area contributed by atoms with Crippen molar-refractivity contribution in [2.24, 2.45) is 0 Å². The van der Waals surface area contributed by atoms with E-state index in [1.54, 1.807) is 0 Å². The van der Waals surface area contributed by atoms with E-state index >= 15 is 0 Å². The highest BCUT2D eigenvalue weighted by Gasteiger charge is 2.09. The van der Waals surface area contributed by atoms with Crippen LogP contribution in [0.15, 0.2) is 60.7 Å². The number of hydrogen-bond donors (Lipinski definition) is 1. The molecule has 0 amide bonds. The van der Waals surface area contributed by atoms with E-state index in [1.165, 1.54) is 27.5 Å². The Hall–Kier alpha value is -2.36. The molecule has 0 saturated heterocycles. The van der Waals surface area contributed by atoms with Crippen LogP contribution < -0.4 is 10.1 Å². The summed E-state index contributed by atoms with van der Waals surface area (Å²) >= 11 is 0. The molecule has 0 heterocycles. The molecule has 0 unspecified atom stereocenters. The van der Waals surface area contributed by atoms with Gasteiger partial charge >= 0.3 is 0 Å². The minimum Gasteiger partial charge on any atom is -0.489 e. The molecule has 0 aliphatic rings. The smallest absolute Gasteiger partial charge is 0.124 e. The van der Waals surface area contributed by atoms with Crippen molar-refractivity contribution in [2.75, 3.05) is 27.2 Å². The van der Waals surface area contributed by atoms with Crippen molar-refractivity contribution in [2.45, 2.75) is 26.5 Å². The first-order valence-electron chi connectivity index (χ1n) is 9.68. The van der Waals surface area contributed by atoms with E-state index in [-0.39, 0.29) is 0 Å². The zero-order valence-corrected chi connectivity index (χ0v) is 16.7. The Labute approximate surface area is 163 Å². The van der Waals surface area contributed by atoms with E-state index in [1.807, 2.05) is 0 Å². The van der Waals surface area contributed by atoms with Crippen LogP contribution in [0.2, 0.25) is 0 Å². The molecular weight excluding hydrogens is 332 g/mol. The Kier molecular flexibility index (Phi) is 6.86. The van der Waals surface area contributed by atoms with Gasteiger partial charge in [0.1, 0.15) is 12.4 Å². The van der Waals surface area contributed by atoms with E-state index in [0.717, 1.165) is 31.8 Å². The van der Waals surface area contributed by atoms with Gasteiger partial charge in [-0.1, -0.05) is 60.2 Å². The van der Waals surface area contributed by atoms with Crippen LogP contribution in [-0.2, 0) is 13.2 Å². The zero-order valence-electron chi connectivity index (χ0n) is 16.7. The van der Waals surface area contributed by atoms with Crippen LogP contribution in [0.1, 0.15) is 23.1 Å². The van der Waals surface area contributed by atoms with E-state index in [0.29, 0.717) is 6.61 Å². The molecule has 3 aromatic carbocycles. The van der Waals surface area contributed by atoms with Crippen LogP contribution in [0.3, 0.4) is 0 Å². The fourth-order valence-electron chi connectivity index (χ4n) is 3.33. The van der Waals surface area contributed by atoms with Gasteiger partial charge in [0.15, 0.2) is 0 Å². The second-order valence-corrected chi connectivity index (χ2v) is 7.37. The molecule has 3 rings (SSSR count). The maximum absolute atomic E-state index is 6.23. The maximum atomic E-state index is 6.23. The molecule has 0 spiro atoms. The van der Waals surface area contributed by atoms with Gasteiger partial charge in [0.25, 0.3) is 0 Å². The summed E-state index contributed by atoms with van der Waals surface area (Å²) in [4.78, 5) is 2.22. The summed E-state index contributed by atoms with van der Waals surface area (Å²) in [6.45, 7) is 5.62. The summed E-state index contributed by atoms with van der Waals surface area (Å²) in [5, 5.41) is 6.11. The highest BCUT2D eigenvalue weighted by atomic mass is 16.5. The number of benzene rings is 3. The third kappa shape index (κ3) is 5.56. The fourth-order valence-corrected chi connectivity index (χ4v) is 3.33. The van der Waals surface area contributed by atoms with E-state index in [9.17, 15) is 0 Å². The second kappa shape index (κ2) is 9.54. The molecule has 27 heavy (non-hydrogen) atoms. The third-order valence-electron chi connectivity index (χ3n) is 4.74. The molecule has 3 heteroatoms. The Bertz CT molecular complexity index is 873. The van der Waals surface area contributed by atoms with Crippen LogP contribution in [0, 0.1) is 6.92 Å². The standard InChI is InChI=1S/C24H30N2O/c1-19-8-6-9-20(16-19)18-27-24-13-12-21-10-4-5-11-22(21)23(24)17-25-14-7-15-26(2)3/h4-6,8-13,16,25H,7,14-15,17-18H2,1-3H3. The van der Waals surface area contributed by atoms with Crippen LogP contribution in [0.4, 0.5) is 0 Å². The first kappa shape index (κ1) is 19.4. The van der Waals surface area contributed by atoms with Crippen molar-refractivity contribution in [1.82, 2.24) is 10.2 Å². The number of nitrogens with one attached hydrogen (secondary N) is 1. The molecule has 0 atom stereocenters. The van der Waals surface area contributed by atoms with Crippen molar-refractivity contribution in [3.8, 4) is 5.75 Å². The normalized spacial score (nSPS) is 11.3. The minimum absolute atomic E-state index is 0.591. The molecule has 0 saturated carbocycles. The lowest BCUT2D eigenvalue weighted by atomic mass is 10.0. The van der Waals surface area contributed by atoms with Gasteiger partial charge in [0.2, 0.25) is 0 Å². The predicted octanol–water partition coefficient (Wildman–Crippen LogP) is 4.77. The summed E-state index contributed by atoms with van der Waals surface area (Å²) in [7, 11) is 4.23. The number of nitrogens with zero attached hydrogens (tertiary/aromatic N) is 1. The molecule has 0 aliphatic heterocycles. The summed E-state index contributed by atoms with van der Waals surface area (Å²) in [5.41, 5.74) is 3.70. The number of hydrogen-bond acceptors (Lipinski definition) is 3. The van der Waals surface area contributed by atoms with Crippen LogP contribution in [0.5, 0.6) is 5.75 Å². The van der Waals surface area contributed by atoms with Gasteiger partial charge in [-0.05, 0) is 62.9 Å². The van der Waals surface area contributed by atoms with Gasteiger partial charge in [0.05, 0.1) is 0 Å². The van der Waals surface area contributed by atoms with Gasteiger partial charge in [0, 0.05) is 12.1 Å². The maximum Gasteiger partial charge on any atom is 0.124 e. The average Bonchev–Trinajstić information content (AvgIpc) is 2.66. The van der Waals surface area contributed by atoms with Crippen LogP contribution in [0.25, 0.3) is 10.8 Å². The lowest BCUT2D eigenvalue weighted by Gasteiger charge is -2.16. The molecule has 0 radical (unpaired) electrons. The number of rotatable bonds is 9. The Balaban J connectivity index is 1.74. The largest absolute Gasteiger partial charge is 0.489 e.